The molecule has 2 rings (SSSR count). The van der Waals surface area contributed by atoms with Gasteiger partial charge in [0.2, 0.25) is 5.91 Å². The van der Waals surface area contributed by atoms with Gasteiger partial charge in [0.15, 0.2) is 0 Å². The maximum Gasteiger partial charge on any atom is 0.416 e. The summed E-state index contributed by atoms with van der Waals surface area (Å²) in [4.78, 5) is 25.0. The van der Waals surface area contributed by atoms with Crippen LogP contribution in [-0.4, -0.2) is 46.5 Å². The number of amides is 2. The highest BCUT2D eigenvalue weighted by Crippen LogP contribution is 2.29. The topological polar surface area (TPSA) is 60.9 Å². The van der Waals surface area contributed by atoms with E-state index in [2.05, 4.69) is 0 Å². The molecule has 0 atom stereocenters. The SMILES string of the molecule is O=C(O)N1CCN(Cc2ccc(C(F)(F)F)cc2)C(=O)C1. The van der Waals surface area contributed by atoms with Crippen molar-refractivity contribution >= 4 is 12.0 Å². The van der Waals surface area contributed by atoms with Gasteiger partial charge in [-0.15, -0.1) is 0 Å². The molecule has 5 nitrogen and oxygen atoms in total. The lowest BCUT2D eigenvalue weighted by molar-refractivity contribution is -0.138. The first kappa shape index (κ1) is 15.1. The van der Waals surface area contributed by atoms with Gasteiger partial charge < -0.3 is 10.0 Å². The number of benzene rings is 1. The maximum absolute atomic E-state index is 12.4. The van der Waals surface area contributed by atoms with Crippen LogP contribution in [0.4, 0.5) is 18.0 Å². The predicted molar refractivity (Wildman–Crippen MR) is 66.5 cm³/mol. The summed E-state index contributed by atoms with van der Waals surface area (Å²) in [6.07, 6.45) is -5.54. The molecule has 1 saturated heterocycles. The van der Waals surface area contributed by atoms with Crippen LogP contribution in [0.15, 0.2) is 24.3 Å². The van der Waals surface area contributed by atoms with E-state index < -0.39 is 17.8 Å². The fraction of sp³-hybridized carbons (Fsp3) is 0.385. The quantitative estimate of drug-likeness (QED) is 0.909. The zero-order valence-electron chi connectivity index (χ0n) is 10.9. The van der Waals surface area contributed by atoms with Crippen LogP contribution >= 0.6 is 0 Å². The van der Waals surface area contributed by atoms with Crippen LogP contribution < -0.4 is 0 Å². The Kier molecular flexibility index (Phi) is 4.06. The number of piperazine rings is 1. The van der Waals surface area contributed by atoms with Gasteiger partial charge in [-0.1, -0.05) is 12.1 Å². The standard InChI is InChI=1S/C13H13F3N2O3/c14-13(15,16)10-3-1-9(2-4-10)7-17-5-6-18(12(20)21)8-11(17)19/h1-4H,5-8H2,(H,20,21). The molecule has 0 spiro atoms. The fourth-order valence-electron chi connectivity index (χ4n) is 2.06. The highest BCUT2D eigenvalue weighted by molar-refractivity contribution is 5.83. The van der Waals surface area contributed by atoms with E-state index in [1.807, 2.05) is 0 Å². The minimum atomic E-state index is -4.39. The molecule has 1 aromatic rings. The second-order valence-corrected chi connectivity index (χ2v) is 4.71. The highest BCUT2D eigenvalue weighted by Gasteiger charge is 2.30. The lowest BCUT2D eigenvalue weighted by atomic mass is 10.1. The molecule has 0 bridgehead atoms. The average Bonchev–Trinajstić information content (AvgIpc) is 2.40. The monoisotopic (exact) mass is 302 g/mol. The molecule has 21 heavy (non-hydrogen) atoms. The van der Waals surface area contributed by atoms with Crippen molar-refractivity contribution in [2.24, 2.45) is 0 Å². The highest BCUT2D eigenvalue weighted by atomic mass is 19.4. The Morgan fingerprint density at radius 1 is 1.19 bits per heavy atom. The summed E-state index contributed by atoms with van der Waals surface area (Å²) in [6, 6.07) is 4.57. The number of halogens is 3. The van der Waals surface area contributed by atoms with Gasteiger partial charge >= 0.3 is 12.3 Å². The van der Waals surface area contributed by atoms with Crippen molar-refractivity contribution in [3.63, 3.8) is 0 Å². The minimum Gasteiger partial charge on any atom is -0.465 e. The number of carboxylic acid groups (broad SMARTS) is 1. The Morgan fingerprint density at radius 3 is 2.29 bits per heavy atom. The first-order valence-electron chi connectivity index (χ1n) is 6.19. The number of carbonyl (C=O) groups is 2. The number of rotatable bonds is 2. The van der Waals surface area contributed by atoms with Crippen molar-refractivity contribution in [1.82, 2.24) is 9.80 Å². The third kappa shape index (κ3) is 3.65. The largest absolute Gasteiger partial charge is 0.465 e. The van der Waals surface area contributed by atoms with E-state index in [9.17, 15) is 22.8 Å². The van der Waals surface area contributed by atoms with Gasteiger partial charge in [-0.05, 0) is 17.7 Å². The molecule has 0 radical (unpaired) electrons. The van der Waals surface area contributed by atoms with Crippen molar-refractivity contribution < 1.29 is 27.9 Å². The Bertz CT molecular complexity index is 543. The van der Waals surface area contributed by atoms with E-state index in [0.717, 1.165) is 17.0 Å². The minimum absolute atomic E-state index is 0.171. The average molecular weight is 302 g/mol. The van der Waals surface area contributed by atoms with Crippen LogP contribution in [0.1, 0.15) is 11.1 Å². The first-order valence-corrected chi connectivity index (χ1v) is 6.19. The van der Waals surface area contributed by atoms with Crippen LogP contribution in [0.5, 0.6) is 0 Å². The van der Waals surface area contributed by atoms with Crippen molar-refractivity contribution in [3.8, 4) is 0 Å². The van der Waals surface area contributed by atoms with Crippen molar-refractivity contribution in [2.45, 2.75) is 12.7 Å². The molecule has 1 aliphatic heterocycles. The normalized spacial score (nSPS) is 16.2. The number of carbonyl (C=O) groups excluding carboxylic acids is 1. The van der Waals surface area contributed by atoms with Crippen molar-refractivity contribution in [3.05, 3.63) is 35.4 Å². The summed E-state index contributed by atoms with van der Waals surface area (Å²) in [6.45, 7) is 0.369. The zero-order valence-corrected chi connectivity index (χ0v) is 10.9. The number of hydrogen-bond acceptors (Lipinski definition) is 2. The van der Waals surface area contributed by atoms with Crippen LogP contribution in [-0.2, 0) is 17.5 Å². The molecule has 8 heteroatoms. The van der Waals surface area contributed by atoms with Crippen LogP contribution in [0.2, 0.25) is 0 Å². The Morgan fingerprint density at radius 2 is 1.81 bits per heavy atom. The van der Waals surface area contributed by atoms with Crippen molar-refractivity contribution in [1.29, 1.82) is 0 Å². The molecule has 0 unspecified atom stereocenters. The number of hydrogen-bond donors (Lipinski definition) is 1. The lowest BCUT2D eigenvalue weighted by Gasteiger charge is -2.32. The first-order chi connectivity index (χ1) is 9.77. The smallest absolute Gasteiger partial charge is 0.416 e. The predicted octanol–water partition coefficient (Wildman–Crippen LogP) is 2.03. The van der Waals surface area contributed by atoms with Crippen molar-refractivity contribution in [2.75, 3.05) is 19.6 Å². The lowest BCUT2D eigenvalue weighted by Crippen LogP contribution is -2.51. The van der Waals surface area contributed by atoms with E-state index in [1.54, 1.807) is 0 Å². The molecule has 1 aromatic carbocycles. The molecule has 0 saturated carbocycles. The van der Waals surface area contributed by atoms with Gasteiger partial charge in [0, 0.05) is 19.6 Å². The van der Waals surface area contributed by atoms with Gasteiger partial charge in [0.1, 0.15) is 6.54 Å². The summed E-state index contributed by atoms with van der Waals surface area (Å²) in [5, 5.41) is 8.79. The second kappa shape index (κ2) is 5.63. The summed E-state index contributed by atoms with van der Waals surface area (Å²) >= 11 is 0. The van der Waals surface area contributed by atoms with Gasteiger partial charge in [-0.3, -0.25) is 9.69 Å². The maximum atomic E-state index is 12.4. The summed E-state index contributed by atoms with van der Waals surface area (Å²) in [5.74, 6) is -0.358. The molecule has 0 aliphatic carbocycles. The molecule has 1 aliphatic rings. The molecular formula is C13H13F3N2O3. The van der Waals surface area contributed by atoms with E-state index in [1.165, 1.54) is 17.0 Å². The van der Waals surface area contributed by atoms with E-state index in [4.69, 9.17) is 5.11 Å². The summed E-state index contributed by atoms with van der Waals surface area (Å²) < 4.78 is 37.3. The summed E-state index contributed by atoms with van der Waals surface area (Å²) in [5.41, 5.74) is -0.173. The Labute approximate surface area is 118 Å². The molecular weight excluding hydrogens is 289 g/mol. The van der Waals surface area contributed by atoms with Crippen LogP contribution in [0, 0.1) is 0 Å². The molecule has 1 fully saturated rings. The van der Waals surface area contributed by atoms with Crippen LogP contribution in [0.25, 0.3) is 0 Å². The van der Waals surface area contributed by atoms with Gasteiger partial charge in [0.05, 0.1) is 5.56 Å². The number of alkyl halides is 3. The van der Waals surface area contributed by atoms with Gasteiger partial charge in [-0.25, -0.2) is 4.79 Å². The van der Waals surface area contributed by atoms with Crippen LogP contribution in [0.3, 0.4) is 0 Å². The Hall–Kier alpha value is -2.25. The summed E-state index contributed by atoms with van der Waals surface area (Å²) in [7, 11) is 0. The molecule has 1 N–H and O–H groups in total. The molecule has 2 amide bonds. The fourth-order valence-corrected chi connectivity index (χ4v) is 2.06. The zero-order chi connectivity index (χ0) is 15.6. The van der Waals surface area contributed by atoms with Gasteiger partial charge in [-0.2, -0.15) is 13.2 Å². The van der Waals surface area contributed by atoms with E-state index >= 15 is 0 Å². The third-order valence-corrected chi connectivity index (χ3v) is 3.24. The molecule has 0 aromatic heterocycles. The molecule has 1 heterocycles. The van der Waals surface area contributed by atoms with Gasteiger partial charge in [0.25, 0.3) is 0 Å². The second-order valence-electron chi connectivity index (χ2n) is 4.71. The molecule has 114 valence electrons. The van der Waals surface area contributed by atoms with E-state index in [-0.39, 0.29) is 32.1 Å². The third-order valence-electron chi connectivity index (χ3n) is 3.24. The Balaban J connectivity index is 1.99. The number of nitrogens with zero attached hydrogens (tertiary/aromatic N) is 2. The van der Waals surface area contributed by atoms with E-state index in [0.29, 0.717) is 5.56 Å².